The number of fused-ring (bicyclic) bond motifs is 1. The van der Waals surface area contributed by atoms with Crippen molar-refractivity contribution in [1.82, 2.24) is 0 Å². The Morgan fingerprint density at radius 3 is 2.55 bits per heavy atom. The van der Waals surface area contributed by atoms with Gasteiger partial charge in [0.05, 0.1) is 12.2 Å². The molecule has 33 heavy (non-hydrogen) atoms. The van der Waals surface area contributed by atoms with Gasteiger partial charge in [0.2, 0.25) is 0 Å². The van der Waals surface area contributed by atoms with Gasteiger partial charge in [-0.3, -0.25) is 4.57 Å². The molecule has 0 aromatic heterocycles. The lowest BCUT2D eigenvalue weighted by atomic mass is 9.61. The maximum absolute atomic E-state index is 12.4. The first-order valence-electron chi connectivity index (χ1n) is 12.1. The maximum atomic E-state index is 12.4. The van der Waals surface area contributed by atoms with E-state index in [0.717, 1.165) is 43.3 Å². The molecular weight excluding hydrogens is 439 g/mol. The lowest BCUT2D eigenvalue weighted by Gasteiger charge is -2.44. The molecule has 0 aromatic rings. The summed E-state index contributed by atoms with van der Waals surface area (Å²) in [7, 11) is -0.981. The minimum atomic E-state index is -3.54. The SMILES string of the molecule is C=C1/C(=C\C=C2/CCC[C@@]3(C)C2CC[C@@H]3[C@H](C)/C=C/C(O)P(=O)(OC)OC)C[C@@H](O)C[C@@H]1O. The number of aliphatic hydroxyl groups is 3. The monoisotopic (exact) mass is 480 g/mol. The van der Waals surface area contributed by atoms with Crippen molar-refractivity contribution in [2.75, 3.05) is 14.2 Å². The van der Waals surface area contributed by atoms with Gasteiger partial charge in [-0.2, -0.15) is 0 Å². The van der Waals surface area contributed by atoms with Gasteiger partial charge < -0.3 is 24.4 Å². The molecule has 7 heteroatoms. The Morgan fingerprint density at radius 2 is 1.88 bits per heavy atom. The fourth-order valence-electron chi connectivity index (χ4n) is 6.41. The van der Waals surface area contributed by atoms with E-state index >= 15 is 0 Å². The lowest BCUT2D eigenvalue weighted by molar-refractivity contribution is 0.0862. The van der Waals surface area contributed by atoms with E-state index in [1.807, 2.05) is 6.08 Å². The van der Waals surface area contributed by atoms with Crippen molar-refractivity contribution in [3.8, 4) is 0 Å². The zero-order valence-electron chi connectivity index (χ0n) is 20.4. The van der Waals surface area contributed by atoms with Crippen LogP contribution in [-0.4, -0.2) is 47.6 Å². The van der Waals surface area contributed by atoms with Gasteiger partial charge in [-0.1, -0.05) is 44.2 Å². The number of allylic oxidation sites excluding steroid dienone is 4. The van der Waals surface area contributed by atoms with Crippen LogP contribution >= 0.6 is 7.60 Å². The van der Waals surface area contributed by atoms with Gasteiger partial charge >= 0.3 is 7.60 Å². The fraction of sp³-hybridized carbons (Fsp3) is 0.692. The zero-order chi connectivity index (χ0) is 24.4. The first kappa shape index (κ1) is 26.6. The molecule has 3 aliphatic rings. The molecule has 7 atom stereocenters. The normalized spacial score (nSPS) is 37.6. The number of hydrogen-bond acceptors (Lipinski definition) is 6. The molecule has 0 spiro atoms. The summed E-state index contributed by atoms with van der Waals surface area (Å²) in [6, 6.07) is 0. The summed E-state index contributed by atoms with van der Waals surface area (Å²) in [5, 5.41) is 30.5. The van der Waals surface area contributed by atoms with Crippen molar-refractivity contribution in [2.45, 2.75) is 76.8 Å². The predicted octanol–water partition coefficient (Wildman–Crippen LogP) is 5.12. The average molecular weight is 481 g/mol. The molecular formula is C26H41O6P. The summed E-state index contributed by atoms with van der Waals surface area (Å²) >= 11 is 0. The zero-order valence-corrected chi connectivity index (χ0v) is 21.3. The second-order valence-electron chi connectivity index (χ2n) is 10.2. The minimum Gasteiger partial charge on any atom is -0.393 e. The molecule has 0 aromatic carbocycles. The van der Waals surface area contributed by atoms with Crippen LogP contribution in [0, 0.1) is 23.2 Å². The van der Waals surface area contributed by atoms with Crippen LogP contribution in [0.5, 0.6) is 0 Å². The molecule has 0 heterocycles. The van der Waals surface area contributed by atoms with Gasteiger partial charge in [0.1, 0.15) is 0 Å². The second-order valence-corrected chi connectivity index (χ2v) is 12.6. The van der Waals surface area contributed by atoms with E-state index in [2.05, 4.69) is 32.6 Å². The topological polar surface area (TPSA) is 96.2 Å². The highest BCUT2D eigenvalue weighted by Crippen LogP contribution is 2.60. The van der Waals surface area contributed by atoms with Crippen molar-refractivity contribution in [3.63, 3.8) is 0 Å². The fourth-order valence-corrected chi connectivity index (χ4v) is 7.30. The van der Waals surface area contributed by atoms with Crippen molar-refractivity contribution in [2.24, 2.45) is 23.2 Å². The summed E-state index contributed by atoms with van der Waals surface area (Å²) in [4.78, 5) is 0. The number of hydrogen-bond donors (Lipinski definition) is 3. The highest BCUT2D eigenvalue weighted by molar-refractivity contribution is 7.54. The smallest absolute Gasteiger partial charge is 0.362 e. The Hall–Kier alpha value is -1.01. The standard InChI is InChI=1S/C26H41O6P/c1-17(8-13-25(29)33(30,31-4)32-5)22-11-12-23-19(7-6-14-26(22,23)3)9-10-20-15-21(27)16-24(28)18(20)2/h8-10,13,17,21-25,27-29H,2,6-7,11-12,14-16H2,1,3-5H3/b13-8+,19-9+,20-10-/t17-,21-,22-,23?,24+,25?,26-/m1/s1. The first-order valence-corrected chi connectivity index (χ1v) is 13.7. The molecule has 3 rings (SSSR count). The van der Waals surface area contributed by atoms with Crippen LogP contribution in [0.25, 0.3) is 0 Å². The van der Waals surface area contributed by atoms with Gasteiger partial charge in [0.15, 0.2) is 5.85 Å². The minimum absolute atomic E-state index is 0.159. The third kappa shape index (κ3) is 5.47. The Kier molecular flexibility index (Phi) is 8.64. The Labute approximate surface area is 198 Å². The van der Waals surface area contributed by atoms with E-state index < -0.39 is 25.6 Å². The summed E-state index contributed by atoms with van der Waals surface area (Å²) in [6.45, 7) is 8.58. The Balaban J connectivity index is 1.76. The Bertz CT molecular complexity index is 853. The quantitative estimate of drug-likeness (QED) is 0.346. The summed E-state index contributed by atoms with van der Waals surface area (Å²) < 4.78 is 22.2. The van der Waals surface area contributed by atoms with Gasteiger partial charge in [0, 0.05) is 20.6 Å². The van der Waals surface area contributed by atoms with Crippen LogP contribution in [0.1, 0.15) is 58.8 Å². The van der Waals surface area contributed by atoms with Crippen LogP contribution in [0.4, 0.5) is 0 Å². The van der Waals surface area contributed by atoms with Crippen molar-refractivity contribution in [1.29, 1.82) is 0 Å². The van der Waals surface area contributed by atoms with Crippen LogP contribution in [0.3, 0.4) is 0 Å². The summed E-state index contributed by atoms with van der Waals surface area (Å²) in [5.74, 6) is -0.106. The summed E-state index contributed by atoms with van der Waals surface area (Å²) in [6.07, 6.45) is 13.1. The molecule has 0 bridgehead atoms. The molecule has 186 valence electrons. The van der Waals surface area contributed by atoms with Crippen LogP contribution in [-0.2, 0) is 13.6 Å². The van der Waals surface area contributed by atoms with Gasteiger partial charge in [-0.15, -0.1) is 0 Å². The van der Waals surface area contributed by atoms with Gasteiger partial charge in [0.25, 0.3) is 0 Å². The molecule has 3 N–H and O–H groups in total. The molecule has 0 amide bonds. The molecule has 3 aliphatic carbocycles. The highest BCUT2D eigenvalue weighted by Gasteiger charge is 2.50. The predicted molar refractivity (Wildman–Crippen MR) is 131 cm³/mol. The third-order valence-electron chi connectivity index (χ3n) is 8.36. The molecule has 2 unspecified atom stereocenters. The van der Waals surface area contributed by atoms with E-state index in [1.54, 1.807) is 6.08 Å². The molecule has 6 nitrogen and oxygen atoms in total. The van der Waals surface area contributed by atoms with E-state index in [4.69, 9.17) is 9.05 Å². The lowest BCUT2D eigenvalue weighted by Crippen LogP contribution is -2.35. The van der Waals surface area contributed by atoms with Crippen molar-refractivity contribution in [3.05, 3.63) is 47.6 Å². The molecule has 0 radical (unpaired) electrons. The number of rotatable bonds is 7. The molecule has 0 aliphatic heterocycles. The van der Waals surface area contributed by atoms with Crippen molar-refractivity contribution < 1.29 is 28.9 Å². The van der Waals surface area contributed by atoms with Crippen LogP contribution in [0.15, 0.2) is 47.6 Å². The van der Waals surface area contributed by atoms with Crippen molar-refractivity contribution >= 4 is 7.60 Å². The van der Waals surface area contributed by atoms with Crippen LogP contribution < -0.4 is 0 Å². The Morgan fingerprint density at radius 1 is 1.18 bits per heavy atom. The molecule has 3 fully saturated rings. The van der Waals surface area contributed by atoms with E-state index in [0.29, 0.717) is 24.7 Å². The average Bonchev–Trinajstić information content (AvgIpc) is 3.15. The van der Waals surface area contributed by atoms with Crippen LogP contribution in [0.2, 0.25) is 0 Å². The first-order chi connectivity index (χ1) is 15.6. The summed E-state index contributed by atoms with van der Waals surface area (Å²) in [5.41, 5.74) is 3.27. The molecule has 0 saturated heterocycles. The maximum Gasteiger partial charge on any atom is 0.362 e. The van der Waals surface area contributed by atoms with E-state index in [-0.39, 0.29) is 11.3 Å². The largest absolute Gasteiger partial charge is 0.393 e. The highest BCUT2D eigenvalue weighted by atomic mass is 31.2. The molecule has 3 saturated carbocycles. The van der Waals surface area contributed by atoms with E-state index in [1.165, 1.54) is 19.8 Å². The second kappa shape index (κ2) is 10.7. The van der Waals surface area contributed by atoms with Gasteiger partial charge in [-0.05, 0) is 78.9 Å². The third-order valence-corrected chi connectivity index (χ3v) is 10.2. The van der Waals surface area contributed by atoms with E-state index in [9.17, 15) is 19.9 Å². The van der Waals surface area contributed by atoms with Gasteiger partial charge in [-0.25, -0.2) is 0 Å². The number of aliphatic hydroxyl groups excluding tert-OH is 3.